The van der Waals surface area contributed by atoms with Crippen LogP contribution in [-0.4, -0.2) is 26.6 Å². The highest BCUT2D eigenvalue weighted by Crippen LogP contribution is 1.61. The Morgan fingerprint density at radius 1 is 0.643 bits per heavy atom. The molecule has 0 aliphatic rings. The molecule has 0 fully saturated rings. The highest BCUT2D eigenvalue weighted by Gasteiger charge is 1.44. The predicted octanol–water partition coefficient (Wildman–Crippen LogP) is -0.508. The van der Waals surface area contributed by atoms with Crippen molar-refractivity contribution in [3.8, 4) is 0 Å². The molecule has 0 atom stereocenters. The maximum Gasteiger partial charge on any atom is -0.0484 e. The Morgan fingerprint density at radius 3 is 0.643 bits per heavy atom. The molecule has 0 bridgehead atoms. The van der Waals surface area contributed by atoms with Crippen LogP contribution >= 0.6 is 0 Å². The molecule has 0 radical (unpaired) electrons. The van der Waals surface area contributed by atoms with Crippen molar-refractivity contribution < 1.29 is 26.6 Å². The molecule has 16 N–H and O–H groups in total. The van der Waals surface area contributed by atoms with Crippen LogP contribution in [0.1, 0.15) is 0 Å². The molecule has 0 saturated carbocycles. The van der Waals surface area contributed by atoms with Gasteiger partial charge in [0.15, 0.2) is 0 Å². The van der Waals surface area contributed by atoms with Crippen LogP contribution in [0.15, 0.2) is 0 Å². The van der Waals surface area contributed by atoms with E-state index in [1.165, 1.54) is 0 Å². The summed E-state index contributed by atoms with van der Waals surface area (Å²) in [5, 5.41) is 0. The first-order valence-electron chi connectivity index (χ1n) is 1.33. The summed E-state index contributed by atoms with van der Waals surface area (Å²) in [5.74, 6) is 0. The van der Waals surface area contributed by atoms with Gasteiger partial charge in [0.1, 0.15) is 0 Å². The molecule has 0 spiro atoms. The van der Waals surface area contributed by atoms with Gasteiger partial charge in [-0.1, -0.05) is 0 Å². The Morgan fingerprint density at radius 2 is 0.643 bits per heavy atom. The number of hydrogen-bond donors (Lipinski definition) is 4. The van der Waals surface area contributed by atoms with Crippen molar-refractivity contribution in [1.29, 1.82) is 0 Å². The molecule has 0 aliphatic carbocycles. The zero-order valence-electron chi connectivity index (χ0n) is 8.08. The van der Waals surface area contributed by atoms with E-state index in [9.17, 15) is 0 Å². The topological polar surface area (TPSA) is 272 Å². The smallest absolute Gasteiger partial charge is 0.0484 e. The highest BCUT2D eigenvalue weighted by molar-refractivity contribution is 8.26. The van der Waals surface area contributed by atoms with Crippen LogP contribution in [0.25, 0.3) is 0 Å². The van der Waals surface area contributed by atoms with Crippen molar-refractivity contribution in [3.05, 3.63) is 0 Å². The van der Waals surface area contributed by atoms with Crippen LogP contribution in [-0.2, 0) is 40.5 Å². The second-order valence-electron chi connectivity index (χ2n) is 0.816. The maximum atomic E-state index is 8.89. The summed E-state index contributed by atoms with van der Waals surface area (Å²) in [6, 6.07) is 0. The summed E-state index contributed by atoms with van der Waals surface area (Å²) in [6.45, 7) is 0. The minimum Gasteiger partial charge on any atom is -0.780 e. The van der Waals surface area contributed by atoms with Crippen molar-refractivity contribution in [2.75, 3.05) is 0 Å². The first-order valence-corrected chi connectivity index (χ1v) is 6.00. The fourth-order valence-electron chi connectivity index (χ4n) is 0. The van der Waals surface area contributed by atoms with Crippen LogP contribution in [0.4, 0.5) is 0 Å². The van der Waals surface area contributed by atoms with Gasteiger partial charge in [-0.05, 0) is 22.4 Å². The average Bonchev–Trinajstić information content (AvgIpc) is 1.12. The third-order valence-electron chi connectivity index (χ3n) is 0. The van der Waals surface area contributed by atoms with Gasteiger partial charge < -0.3 is 42.8 Å². The Kier molecular flexibility index (Phi) is 35.1. The molecule has 14 heavy (non-hydrogen) atoms. The highest BCUT2D eigenvalue weighted by atomic mass is 32.9. The van der Waals surface area contributed by atoms with Crippen molar-refractivity contribution in [1.82, 2.24) is 24.6 Å². The standard InChI is InChI=1S/4H3N.2H2O3S2/c;;;;2*1-5(2,3)4/h4*1H3;2*(H2,1,2,3,4). The maximum absolute atomic E-state index is 8.89. The zero-order valence-corrected chi connectivity index (χ0v) is 11.3. The summed E-state index contributed by atoms with van der Waals surface area (Å²) < 4.78 is 53.3. The van der Waals surface area contributed by atoms with E-state index >= 15 is 0 Å². The molecule has 96 valence electrons. The predicted molar refractivity (Wildman–Crippen MR) is 58.1 cm³/mol. The van der Waals surface area contributed by atoms with Gasteiger partial charge in [0.05, 0.1) is 0 Å². The first kappa shape index (κ1) is 36.6. The van der Waals surface area contributed by atoms with Crippen molar-refractivity contribution in [3.63, 3.8) is 0 Å². The second-order valence-corrected chi connectivity index (χ2v) is 4.90. The fourth-order valence-corrected chi connectivity index (χ4v) is 0. The van der Waals surface area contributed by atoms with Gasteiger partial charge in [-0.15, -0.1) is 18.1 Å². The van der Waals surface area contributed by atoms with Gasteiger partial charge in [-0.2, -0.15) is 0 Å². The quantitative estimate of drug-likeness (QED) is 0.450. The van der Waals surface area contributed by atoms with Crippen molar-refractivity contribution in [2.24, 2.45) is 0 Å². The van der Waals surface area contributed by atoms with Gasteiger partial charge in [0, 0.05) is 0 Å². The Bertz CT molecular complexity index is 218. The Hall–Kier alpha value is 0.420. The summed E-state index contributed by atoms with van der Waals surface area (Å²) in [5.41, 5.74) is 0. The lowest BCUT2D eigenvalue weighted by Crippen LogP contribution is -1.88. The molecule has 0 aromatic rings. The molecule has 0 amide bonds. The molecule has 0 aromatic heterocycles. The molecular weight excluding hydrogens is 280 g/mol. The largest absolute Gasteiger partial charge is 0.780 e. The average molecular weight is 296 g/mol. The van der Waals surface area contributed by atoms with E-state index in [-0.39, 0.29) is 24.6 Å². The third kappa shape index (κ3) is 9180. The molecule has 14 heteroatoms. The number of rotatable bonds is 0. The van der Waals surface area contributed by atoms with E-state index in [4.69, 9.17) is 26.6 Å². The van der Waals surface area contributed by atoms with Crippen molar-refractivity contribution >= 4 is 40.5 Å². The van der Waals surface area contributed by atoms with Crippen LogP contribution in [0.2, 0.25) is 0 Å². The molecule has 0 unspecified atom stereocenters. The molecule has 0 rings (SSSR count). The third-order valence-corrected chi connectivity index (χ3v) is 0. The number of quaternary nitrogens is 4. The minimum atomic E-state index is -4.33. The minimum absolute atomic E-state index is 0. The van der Waals surface area contributed by atoms with E-state index in [1.54, 1.807) is 0 Å². The molecule has 0 saturated heterocycles. The lowest BCUT2D eigenvalue weighted by Gasteiger charge is -2.12. The molecule has 10 nitrogen and oxygen atoms in total. The van der Waals surface area contributed by atoms with E-state index < -0.39 is 18.1 Å². The van der Waals surface area contributed by atoms with Gasteiger partial charge in [-0.3, -0.25) is 8.42 Å². The van der Waals surface area contributed by atoms with E-state index in [2.05, 4.69) is 22.4 Å². The lowest BCUT2D eigenvalue weighted by molar-refractivity contribution is 0.414. The Balaban J connectivity index is -0.0000000178. The molecule has 0 heterocycles. The van der Waals surface area contributed by atoms with Crippen LogP contribution in [0.5, 0.6) is 0 Å². The van der Waals surface area contributed by atoms with E-state index in [0.717, 1.165) is 0 Å². The monoisotopic (exact) mass is 296 g/mol. The van der Waals surface area contributed by atoms with Crippen LogP contribution in [0, 0.1) is 0 Å². The normalized spacial score (nSPS) is 8.29. The van der Waals surface area contributed by atoms with Crippen LogP contribution < -0.4 is 24.6 Å². The SMILES string of the molecule is O=S([O-])([O-])=S.O=S([O-])([O-])=S.[NH4+].[NH4+].[NH4+].[NH4+]. The zero-order chi connectivity index (χ0) is 9.00. The fraction of sp³-hybridized carbons (Fsp3) is 0. The number of hydrogen-bond acceptors (Lipinski definition) is 8. The summed E-state index contributed by atoms with van der Waals surface area (Å²) >= 11 is 6.49. The van der Waals surface area contributed by atoms with Gasteiger partial charge in [-0.25, -0.2) is 0 Å². The van der Waals surface area contributed by atoms with Gasteiger partial charge in [0.2, 0.25) is 0 Å². The van der Waals surface area contributed by atoms with Gasteiger partial charge >= 0.3 is 0 Å². The lowest BCUT2D eigenvalue weighted by atomic mass is 14.0. The van der Waals surface area contributed by atoms with E-state index in [1.807, 2.05) is 0 Å². The molecular formula is H16N4O6S4. The Labute approximate surface area is 91.8 Å². The first-order chi connectivity index (χ1) is 4.00. The van der Waals surface area contributed by atoms with Crippen LogP contribution in [0.3, 0.4) is 0 Å². The van der Waals surface area contributed by atoms with E-state index in [0.29, 0.717) is 0 Å². The summed E-state index contributed by atoms with van der Waals surface area (Å²) in [4.78, 5) is 0. The molecule has 0 aliphatic heterocycles. The van der Waals surface area contributed by atoms with Crippen molar-refractivity contribution in [2.45, 2.75) is 0 Å². The second kappa shape index (κ2) is 13.4. The summed E-state index contributed by atoms with van der Waals surface area (Å²) in [7, 11) is -8.67. The molecule has 0 aromatic carbocycles. The van der Waals surface area contributed by atoms with Gasteiger partial charge in [0.25, 0.3) is 0 Å². The summed E-state index contributed by atoms with van der Waals surface area (Å²) in [6.07, 6.45) is 0.